The van der Waals surface area contributed by atoms with Crippen LogP contribution in [0.15, 0.2) is 28.9 Å². The first kappa shape index (κ1) is 16.1. The van der Waals surface area contributed by atoms with E-state index in [9.17, 15) is 5.11 Å². The van der Waals surface area contributed by atoms with Gasteiger partial charge in [-0.3, -0.25) is 9.88 Å². The van der Waals surface area contributed by atoms with Gasteiger partial charge >= 0.3 is 0 Å². The summed E-state index contributed by atoms with van der Waals surface area (Å²) in [5.74, 6) is 1.13. The first-order valence-electron chi connectivity index (χ1n) is 8.31. The van der Waals surface area contributed by atoms with E-state index in [0.29, 0.717) is 18.3 Å². The Morgan fingerprint density at radius 2 is 2.30 bits per heavy atom. The van der Waals surface area contributed by atoms with E-state index in [1.165, 1.54) is 0 Å². The molecule has 1 saturated heterocycles. The summed E-state index contributed by atoms with van der Waals surface area (Å²) in [5.41, 5.74) is 0.861. The zero-order valence-corrected chi connectivity index (χ0v) is 13.6. The van der Waals surface area contributed by atoms with Crippen molar-refractivity contribution in [3.8, 4) is 11.5 Å². The van der Waals surface area contributed by atoms with Crippen molar-refractivity contribution in [2.75, 3.05) is 19.7 Å². The van der Waals surface area contributed by atoms with E-state index >= 15 is 0 Å². The monoisotopic (exact) mass is 316 g/mol. The summed E-state index contributed by atoms with van der Waals surface area (Å²) in [6.07, 6.45) is 7.79. The summed E-state index contributed by atoms with van der Waals surface area (Å²) in [6, 6.07) is 3.76. The molecule has 2 aromatic heterocycles. The molecule has 6 heteroatoms. The van der Waals surface area contributed by atoms with Gasteiger partial charge in [0.1, 0.15) is 0 Å². The number of piperidine rings is 1. The number of aliphatic hydroxyl groups is 1. The van der Waals surface area contributed by atoms with Crippen molar-refractivity contribution in [2.24, 2.45) is 5.41 Å². The lowest BCUT2D eigenvalue weighted by Crippen LogP contribution is -2.44. The summed E-state index contributed by atoms with van der Waals surface area (Å²) in [7, 11) is 0. The number of aromatic nitrogens is 3. The van der Waals surface area contributed by atoms with Crippen molar-refractivity contribution in [3.05, 3.63) is 30.4 Å². The molecule has 2 aromatic rings. The fraction of sp³-hybridized carbons (Fsp3) is 0.588. The molecular weight excluding hydrogens is 292 g/mol. The molecule has 124 valence electrons. The van der Waals surface area contributed by atoms with E-state index in [-0.39, 0.29) is 12.0 Å². The highest BCUT2D eigenvalue weighted by atomic mass is 16.4. The molecule has 0 bridgehead atoms. The van der Waals surface area contributed by atoms with Gasteiger partial charge in [-0.2, -0.15) is 0 Å². The van der Waals surface area contributed by atoms with Gasteiger partial charge in [-0.25, -0.2) is 0 Å². The van der Waals surface area contributed by atoms with Crippen LogP contribution in [0.5, 0.6) is 0 Å². The number of hydrogen-bond acceptors (Lipinski definition) is 6. The summed E-state index contributed by atoms with van der Waals surface area (Å²) < 4.78 is 5.77. The molecule has 0 amide bonds. The Labute approximate surface area is 136 Å². The second-order valence-electron chi connectivity index (χ2n) is 6.46. The third-order valence-electron chi connectivity index (χ3n) is 4.59. The molecule has 0 spiro atoms. The summed E-state index contributed by atoms with van der Waals surface area (Å²) in [4.78, 5) is 6.39. The minimum Gasteiger partial charge on any atom is -0.419 e. The fourth-order valence-corrected chi connectivity index (χ4v) is 3.50. The number of aliphatic hydroxyl groups excluding tert-OH is 1. The van der Waals surface area contributed by atoms with E-state index in [0.717, 1.165) is 44.3 Å². The fourth-order valence-electron chi connectivity index (χ4n) is 3.50. The maximum atomic E-state index is 9.82. The van der Waals surface area contributed by atoms with Crippen LogP contribution < -0.4 is 0 Å². The lowest BCUT2D eigenvalue weighted by atomic mass is 9.77. The van der Waals surface area contributed by atoms with Crippen molar-refractivity contribution in [2.45, 2.75) is 39.2 Å². The SMILES string of the molecule is CCC[C@]1(CO)CCCN(Cc2nnc(-c3cccnc3)o2)C1. The molecule has 0 aromatic carbocycles. The highest BCUT2D eigenvalue weighted by Gasteiger charge is 2.34. The van der Waals surface area contributed by atoms with Gasteiger partial charge in [-0.15, -0.1) is 10.2 Å². The Kier molecular flexibility index (Phi) is 5.03. The van der Waals surface area contributed by atoms with E-state index < -0.39 is 0 Å². The number of nitrogens with zero attached hydrogens (tertiary/aromatic N) is 4. The first-order valence-corrected chi connectivity index (χ1v) is 8.31. The van der Waals surface area contributed by atoms with Crippen LogP contribution in [0.3, 0.4) is 0 Å². The lowest BCUT2D eigenvalue weighted by Gasteiger charge is -2.41. The van der Waals surface area contributed by atoms with Gasteiger partial charge < -0.3 is 9.52 Å². The Bertz CT molecular complexity index is 612. The zero-order valence-electron chi connectivity index (χ0n) is 13.6. The third kappa shape index (κ3) is 3.76. The van der Waals surface area contributed by atoms with Crippen LogP contribution in [0.2, 0.25) is 0 Å². The molecule has 0 radical (unpaired) electrons. The molecule has 3 heterocycles. The van der Waals surface area contributed by atoms with Gasteiger partial charge in [0.05, 0.1) is 12.1 Å². The van der Waals surface area contributed by atoms with Crippen molar-refractivity contribution in [1.29, 1.82) is 0 Å². The normalized spacial score (nSPS) is 22.3. The maximum Gasteiger partial charge on any atom is 0.249 e. The lowest BCUT2D eigenvalue weighted by molar-refractivity contribution is 0.0185. The second kappa shape index (κ2) is 7.19. The second-order valence-corrected chi connectivity index (χ2v) is 6.46. The Morgan fingerprint density at radius 3 is 3.04 bits per heavy atom. The molecule has 3 rings (SSSR count). The third-order valence-corrected chi connectivity index (χ3v) is 4.59. The molecule has 0 unspecified atom stereocenters. The molecule has 1 atom stereocenters. The number of rotatable bonds is 6. The van der Waals surface area contributed by atoms with Gasteiger partial charge in [0.2, 0.25) is 11.8 Å². The van der Waals surface area contributed by atoms with Crippen LogP contribution >= 0.6 is 0 Å². The molecule has 1 N–H and O–H groups in total. The van der Waals surface area contributed by atoms with Crippen molar-refractivity contribution >= 4 is 0 Å². The average molecular weight is 316 g/mol. The number of likely N-dealkylation sites (tertiary alicyclic amines) is 1. The highest BCUT2D eigenvalue weighted by Crippen LogP contribution is 2.34. The maximum absolute atomic E-state index is 9.82. The summed E-state index contributed by atoms with van der Waals surface area (Å²) >= 11 is 0. The standard InChI is InChI=1S/C17H24N4O2/c1-2-6-17(13-22)7-4-9-21(12-17)11-15-19-20-16(23-15)14-5-3-8-18-10-14/h3,5,8,10,22H,2,4,6-7,9,11-13H2,1H3/t17-/m0/s1. The van der Waals surface area contributed by atoms with E-state index in [2.05, 4.69) is 27.0 Å². The van der Waals surface area contributed by atoms with Crippen molar-refractivity contribution in [1.82, 2.24) is 20.1 Å². The number of hydrogen-bond donors (Lipinski definition) is 1. The van der Waals surface area contributed by atoms with Crippen LogP contribution in [0.25, 0.3) is 11.5 Å². The van der Waals surface area contributed by atoms with E-state index in [4.69, 9.17) is 4.42 Å². The van der Waals surface area contributed by atoms with Gasteiger partial charge in [-0.05, 0) is 37.9 Å². The van der Waals surface area contributed by atoms with Crippen LogP contribution in [0, 0.1) is 5.41 Å². The molecule has 23 heavy (non-hydrogen) atoms. The van der Waals surface area contributed by atoms with E-state index in [1.54, 1.807) is 12.4 Å². The molecular formula is C17H24N4O2. The van der Waals surface area contributed by atoms with Crippen LogP contribution in [-0.4, -0.2) is 44.9 Å². The van der Waals surface area contributed by atoms with Crippen LogP contribution in [0.1, 0.15) is 38.5 Å². The van der Waals surface area contributed by atoms with Crippen LogP contribution in [-0.2, 0) is 6.54 Å². The Hall–Kier alpha value is -1.79. The topological polar surface area (TPSA) is 75.3 Å². The predicted octanol–water partition coefficient (Wildman–Crippen LogP) is 2.51. The molecule has 0 saturated carbocycles. The molecule has 1 aliphatic rings. The van der Waals surface area contributed by atoms with Crippen molar-refractivity contribution < 1.29 is 9.52 Å². The minimum atomic E-state index is 0.0270. The first-order chi connectivity index (χ1) is 11.2. The highest BCUT2D eigenvalue weighted by molar-refractivity contribution is 5.49. The Morgan fingerprint density at radius 1 is 1.39 bits per heavy atom. The summed E-state index contributed by atoms with van der Waals surface area (Å²) in [5, 5.41) is 18.1. The predicted molar refractivity (Wildman–Crippen MR) is 86.5 cm³/mol. The Balaban J connectivity index is 1.66. The van der Waals surface area contributed by atoms with E-state index in [1.807, 2.05) is 12.1 Å². The van der Waals surface area contributed by atoms with Crippen LogP contribution in [0.4, 0.5) is 0 Å². The number of pyridine rings is 1. The van der Waals surface area contributed by atoms with Gasteiger partial charge in [-0.1, -0.05) is 13.3 Å². The largest absolute Gasteiger partial charge is 0.419 e. The smallest absolute Gasteiger partial charge is 0.249 e. The van der Waals surface area contributed by atoms with Gasteiger partial charge in [0.25, 0.3) is 0 Å². The summed E-state index contributed by atoms with van der Waals surface area (Å²) in [6.45, 7) is 4.97. The molecule has 1 fully saturated rings. The van der Waals surface area contributed by atoms with Gasteiger partial charge in [0, 0.05) is 31.0 Å². The average Bonchev–Trinajstić information content (AvgIpc) is 3.05. The molecule has 6 nitrogen and oxygen atoms in total. The van der Waals surface area contributed by atoms with Crippen molar-refractivity contribution in [3.63, 3.8) is 0 Å². The zero-order chi connectivity index (χ0) is 16.1. The quantitative estimate of drug-likeness (QED) is 0.882. The van der Waals surface area contributed by atoms with Gasteiger partial charge in [0.15, 0.2) is 0 Å². The minimum absolute atomic E-state index is 0.0270. The molecule has 1 aliphatic heterocycles. The molecule has 0 aliphatic carbocycles.